The molecule has 0 aliphatic rings. The molecule has 0 atom stereocenters. The Morgan fingerprint density at radius 1 is 1.00 bits per heavy atom. The maximum atomic E-state index is 12.5. The van der Waals surface area contributed by atoms with E-state index < -0.39 is 10.0 Å². The van der Waals surface area contributed by atoms with E-state index in [1.165, 1.54) is 34.6 Å². The second kappa shape index (κ2) is 9.83. The number of sulfonamides is 1. The molecule has 0 fully saturated rings. The third-order valence-corrected chi connectivity index (χ3v) is 7.61. The van der Waals surface area contributed by atoms with Gasteiger partial charge in [0.15, 0.2) is 5.78 Å². The molecule has 3 rings (SSSR count). The van der Waals surface area contributed by atoms with Crippen molar-refractivity contribution in [2.24, 2.45) is 0 Å². The van der Waals surface area contributed by atoms with E-state index in [4.69, 9.17) is 27.6 Å². The van der Waals surface area contributed by atoms with Crippen LogP contribution in [0.3, 0.4) is 0 Å². The highest BCUT2D eigenvalue weighted by atomic mass is 35.5. The second-order valence-electron chi connectivity index (χ2n) is 6.61. The van der Waals surface area contributed by atoms with Gasteiger partial charge in [-0.05, 0) is 60.7 Å². The zero-order valence-electron chi connectivity index (χ0n) is 17.0. The molecule has 8 heteroatoms. The van der Waals surface area contributed by atoms with E-state index in [1.807, 2.05) is 0 Å². The van der Waals surface area contributed by atoms with Crippen molar-refractivity contribution in [1.29, 1.82) is 0 Å². The van der Waals surface area contributed by atoms with Crippen LogP contribution < -0.4 is 0 Å². The number of ketones is 1. The molecule has 2 aromatic carbocycles. The predicted octanol–water partition coefficient (Wildman–Crippen LogP) is 6.18. The topological polar surface area (TPSA) is 67.6 Å². The summed E-state index contributed by atoms with van der Waals surface area (Å²) in [5.41, 5.74) is 1.03. The first-order valence-corrected chi connectivity index (χ1v) is 11.8. The third kappa shape index (κ3) is 5.10. The molecular formula is C23H21Cl2NO4S. The standard InChI is InChI=1S/C23H21Cl2NO4S/c1-3-26(4-2)31(28,29)18-12-8-16(9-13-18)21(27)14-10-17-11-15-22(30-17)19-6-5-7-20(24)23(19)25/h5-15H,3-4H2,1-2H3. The van der Waals surface area contributed by atoms with Crippen LogP contribution in [-0.4, -0.2) is 31.6 Å². The van der Waals surface area contributed by atoms with Crippen LogP contribution >= 0.6 is 23.2 Å². The summed E-state index contributed by atoms with van der Waals surface area (Å²) in [6.07, 6.45) is 2.92. The largest absolute Gasteiger partial charge is 0.457 e. The number of rotatable bonds is 8. The molecule has 31 heavy (non-hydrogen) atoms. The van der Waals surface area contributed by atoms with Gasteiger partial charge in [-0.3, -0.25) is 4.79 Å². The average molecular weight is 478 g/mol. The van der Waals surface area contributed by atoms with Crippen molar-refractivity contribution in [1.82, 2.24) is 4.31 Å². The SMILES string of the molecule is CCN(CC)S(=O)(=O)c1ccc(C(=O)C=Cc2ccc(-c3cccc(Cl)c3Cl)o2)cc1. The Labute approximate surface area is 191 Å². The summed E-state index contributed by atoms with van der Waals surface area (Å²) >= 11 is 12.3. The lowest BCUT2D eigenvalue weighted by Crippen LogP contribution is -2.30. The van der Waals surface area contributed by atoms with E-state index in [9.17, 15) is 13.2 Å². The van der Waals surface area contributed by atoms with Crippen molar-refractivity contribution >= 4 is 45.1 Å². The molecule has 1 aromatic heterocycles. The molecule has 0 bridgehead atoms. The lowest BCUT2D eigenvalue weighted by molar-refractivity contribution is 0.104. The quantitative estimate of drug-likeness (QED) is 0.286. The molecule has 0 saturated heterocycles. The fraction of sp³-hybridized carbons (Fsp3) is 0.174. The van der Waals surface area contributed by atoms with Crippen molar-refractivity contribution in [2.75, 3.05) is 13.1 Å². The molecule has 1 heterocycles. The van der Waals surface area contributed by atoms with Gasteiger partial charge in [-0.25, -0.2) is 8.42 Å². The summed E-state index contributed by atoms with van der Waals surface area (Å²) in [6.45, 7) is 4.33. The average Bonchev–Trinajstić information content (AvgIpc) is 3.23. The van der Waals surface area contributed by atoms with Crippen molar-refractivity contribution in [3.05, 3.63) is 82.0 Å². The summed E-state index contributed by atoms with van der Waals surface area (Å²) in [6, 6.07) is 14.6. The van der Waals surface area contributed by atoms with Crippen LogP contribution in [0, 0.1) is 0 Å². The van der Waals surface area contributed by atoms with Crippen LogP contribution in [-0.2, 0) is 10.0 Å². The zero-order chi connectivity index (χ0) is 22.6. The number of carbonyl (C=O) groups excluding carboxylic acids is 1. The van der Waals surface area contributed by atoms with Crippen LogP contribution in [0.2, 0.25) is 10.0 Å². The summed E-state index contributed by atoms with van der Waals surface area (Å²) in [5, 5.41) is 0.819. The summed E-state index contributed by atoms with van der Waals surface area (Å²) in [7, 11) is -3.56. The van der Waals surface area contributed by atoms with Gasteiger partial charge in [-0.2, -0.15) is 4.31 Å². The van der Waals surface area contributed by atoms with Gasteiger partial charge in [-0.15, -0.1) is 0 Å². The Hall–Kier alpha value is -2.38. The molecule has 0 amide bonds. The number of furan rings is 1. The van der Waals surface area contributed by atoms with Gasteiger partial charge in [-0.1, -0.05) is 43.1 Å². The lowest BCUT2D eigenvalue weighted by atomic mass is 10.1. The number of hydrogen-bond acceptors (Lipinski definition) is 4. The molecule has 0 unspecified atom stereocenters. The summed E-state index contributed by atoms with van der Waals surface area (Å²) < 4.78 is 32.2. The maximum absolute atomic E-state index is 12.5. The first-order valence-electron chi connectivity index (χ1n) is 9.64. The zero-order valence-corrected chi connectivity index (χ0v) is 19.3. The van der Waals surface area contributed by atoms with E-state index in [0.29, 0.717) is 45.8 Å². The van der Waals surface area contributed by atoms with Crippen molar-refractivity contribution < 1.29 is 17.6 Å². The fourth-order valence-corrected chi connectivity index (χ4v) is 4.89. The highest BCUT2D eigenvalue weighted by Gasteiger charge is 2.21. The Kier molecular flexibility index (Phi) is 7.38. The van der Waals surface area contributed by atoms with Crippen LogP contribution in [0.15, 0.2) is 70.0 Å². The van der Waals surface area contributed by atoms with Crippen molar-refractivity contribution in [2.45, 2.75) is 18.7 Å². The number of benzene rings is 2. The molecule has 0 saturated carbocycles. The second-order valence-corrected chi connectivity index (χ2v) is 9.34. The minimum atomic E-state index is -3.56. The molecule has 5 nitrogen and oxygen atoms in total. The molecule has 162 valence electrons. The molecular weight excluding hydrogens is 457 g/mol. The summed E-state index contributed by atoms with van der Waals surface area (Å²) in [5.74, 6) is 0.733. The van der Waals surface area contributed by atoms with Gasteiger partial charge in [0, 0.05) is 24.2 Å². The smallest absolute Gasteiger partial charge is 0.243 e. The molecule has 0 N–H and O–H groups in total. The normalized spacial score (nSPS) is 12.0. The molecule has 0 aliphatic carbocycles. The van der Waals surface area contributed by atoms with Crippen LogP contribution in [0.1, 0.15) is 30.0 Å². The highest BCUT2D eigenvalue weighted by Crippen LogP contribution is 2.34. The molecule has 0 radical (unpaired) electrons. The lowest BCUT2D eigenvalue weighted by Gasteiger charge is -2.18. The first-order chi connectivity index (χ1) is 14.8. The van der Waals surface area contributed by atoms with E-state index in [0.717, 1.165) is 0 Å². The van der Waals surface area contributed by atoms with Gasteiger partial charge in [0.05, 0.1) is 14.9 Å². The van der Waals surface area contributed by atoms with Crippen LogP contribution in [0.4, 0.5) is 0 Å². The van der Waals surface area contributed by atoms with Gasteiger partial charge >= 0.3 is 0 Å². The van der Waals surface area contributed by atoms with E-state index >= 15 is 0 Å². The monoisotopic (exact) mass is 477 g/mol. The number of halogens is 2. The van der Waals surface area contributed by atoms with E-state index in [1.54, 1.807) is 50.3 Å². The summed E-state index contributed by atoms with van der Waals surface area (Å²) in [4.78, 5) is 12.6. The van der Waals surface area contributed by atoms with Gasteiger partial charge < -0.3 is 4.42 Å². The van der Waals surface area contributed by atoms with Crippen LogP contribution in [0.25, 0.3) is 17.4 Å². The minimum Gasteiger partial charge on any atom is -0.457 e. The molecule has 0 spiro atoms. The van der Waals surface area contributed by atoms with Gasteiger partial charge in [0.1, 0.15) is 11.5 Å². The Morgan fingerprint density at radius 3 is 2.32 bits per heavy atom. The Bertz CT molecular complexity index is 1210. The minimum absolute atomic E-state index is 0.158. The van der Waals surface area contributed by atoms with E-state index in [-0.39, 0.29) is 10.7 Å². The maximum Gasteiger partial charge on any atom is 0.243 e. The number of allylic oxidation sites excluding steroid dienone is 1. The number of nitrogens with zero attached hydrogens (tertiary/aromatic N) is 1. The van der Waals surface area contributed by atoms with Crippen molar-refractivity contribution in [3.63, 3.8) is 0 Å². The van der Waals surface area contributed by atoms with Crippen molar-refractivity contribution in [3.8, 4) is 11.3 Å². The van der Waals surface area contributed by atoms with E-state index in [2.05, 4.69) is 0 Å². The third-order valence-electron chi connectivity index (χ3n) is 4.72. The Balaban J connectivity index is 1.75. The Morgan fingerprint density at radius 2 is 1.68 bits per heavy atom. The number of hydrogen-bond donors (Lipinski definition) is 0. The first kappa shape index (κ1) is 23.3. The number of carbonyl (C=O) groups is 1. The van der Waals surface area contributed by atoms with Gasteiger partial charge in [0.25, 0.3) is 0 Å². The van der Waals surface area contributed by atoms with Gasteiger partial charge in [0.2, 0.25) is 10.0 Å². The van der Waals surface area contributed by atoms with Crippen LogP contribution in [0.5, 0.6) is 0 Å². The molecule has 3 aromatic rings. The fourth-order valence-electron chi connectivity index (χ4n) is 3.04. The molecule has 0 aliphatic heterocycles. The predicted molar refractivity (Wildman–Crippen MR) is 124 cm³/mol. The highest BCUT2D eigenvalue weighted by molar-refractivity contribution is 7.89.